The van der Waals surface area contributed by atoms with Crippen LogP contribution in [0, 0.1) is 0 Å². The highest BCUT2D eigenvalue weighted by molar-refractivity contribution is 7.89. The zero-order chi connectivity index (χ0) is 21.3. The second-order valence-electron chi connectivity index (χ2n) is 6.96. The lowest BCUT2D eigenvalue weighted by molar-refractivity contribution is 0.0940. The standard InChI is InChI=1S/C22H20N4O3S/c1-15(16-8-12-19(13-9-16)30(23,28)29)25-22(27)17-6-10-18(11-7-17)26-14-24-20-4-2-3-5-21(20)26/h2-15H,1H3,(H,25,27)(H2,23,28,29)/t15-/m0/s1. The number of rotatable bonds is 5. The fourth-order valence-corrected chi connectivity index (χ4v) is 3.76. The molecule has 0 saturated heterocycles. The van der Waals surface area contributed by atoms with Gasteiger partial charge >= 0.3 is 0 Å². The predicted octanol–water partition coefficient (Wildman–Crippen LogP) is 3.16. The first-order valence-corrected chi connectivity index (χ1v) is 10.8. The van der Waals surface area contributed by atoms with E-state index in [-0.39, 0.29) is 16.8 Å². The number of carbonyl (C=O) groups is 1. The predicted molar refractivity (Wildman–Crippen MR) is 115 cm³/mol. The Hall–Kier alpha value is -3.49. The number of hydrogen-bond donors (Lipinski definition) is 2. The highest BCUT2D eigenvalue weighted by atomic mass is 32.2. The Morgan fingerprint density at radius 3 is 2.33 bits per heavy atom. The molecule has 4 aromatic rings. The van der Waals surface area contributed by atoms with Gasteiger partial charge in [-0.15, -0.1) is 0 Å². The number of fused-ring (bicyclic) bond motifs is 1. The summed E-state index contributed by atoms with van der Waals surface area (Å²) < 4.78 is 24.7. The first kappa shape index (κ1) is 19.8. The van der Waals surface area contributed by atoms with Crippen LogP contribution in [0.3, 0.4) is 0 Å². The maximum Gasteiger partial charge on any atom is 0.251 e. The molecule has 0 aliphatic heterocycles. The van der Waals surface area contributed by atoms with E-state index >= 15 is 0 Å². The Kier molecular flexibility index (Phi) is 5.11. The number of primary sulfonamides is 1. The van der Waals surface area contributed by atoms with Crippen LogP contribution in [0.15, 0.2) is 84.0 Å². The van der Waals surface area contributed by atoms with Crippen molar-refractivity contribution >= 4 is 27.0 Å². The number of hydrogen-bond acceptors (Lipinski definition) is 4. The molecule has 8 heteroatoms. The topological polar surface area (TPSA) is 107 Å². The number of nitrogens with zero attached hydrogens (tertiary/aromatic N) is 2. The second kappa shape index (κ2) is 7.74. The van der Waals surface area contributed by atoms with Gasteiger partial charge in [0.1, 0.15) is 6.33 Å². The van der Waals surface area contributed by atoms with Crippen molar-refractivity contribution < 1.29 is 13.2 Å². The number of carbonyl (C=O) groups excluding carboxylic acids is 1. The van der Waals surface area contributed by atoms with Crippen LogP contribution < -0.4 is 10.5 Å². The van der Waals surface area contributed by atoms with Crippen LogP contribution in [-0.2, 0) is 10.0 Å². The van der Waals surface area contributed by atoms with Crippen molar-refractivity contribution in [3.05, 3.63) is 90.3 Å². The molecule has 3 aromatic carbocycles. The van der Waals surface area contributed by atoms with Gasteiger partial charge in [-0.2, -0.15) is 0 Å². The van der Waals surface area contributed by atoms with Crippen LogP contribution in [0.25, 0.3) is 16.7 Å². The van der Waals surface area contributed by atoms with Crippen LogP contribution in [0.4, 0.5) is 0 Å². The molecule has 7 nitrogen and oxygen atoms in total. The first-order chi connectivity index (χ1) is 14.3. The van der Waals surface area contributed by atoms with Crippen molar-refractivity contribution in [3.63, 3.8) is 0 Å². The lowest BCUT2D eigenvalue weighted by Crippen LogP contribution is -2.26. The van der Waals surface area contributed by atoms with Gasteiger partial charge in [-0.3, -0.25) is 9.36 Å². The number of nitrogens with two attached hydrogens (primary N) is 1. The summed E-state index contributed by atoms with van der Waals surface area (Å²) in [5, 5.41) is 8.03. The molecule has 30 heavy (non-hydrogen) atoms. The SMILES string of the molecule is C[C@H](NC(=O)c1ccc(-n2cnc3ccccc32)cc1)c1ccc(S(N)(=O)=O)cc1. The summed E-state index contributed by atoms with van der Waals surface area (Å²) in [6, 6.07) is 20.9. The number of nitrogens with one attached hydrogen (secondary N) is 1. The van der Waals surface area contributed by atoms with E-state index in [1.807, 2.05) is 47.9 Å². The zero-order valence-electron chi connectivity index (χ0n) is 16.2. The molecule has 0 unspecified atom stereocenters. The third-order valence-corrected chi connectivity index (χ3v) is 5.85. The Balaban J connectivity index is 1.48. The molecule has 0 spiro atoms. The van der Waals surface area contributed by atoms with Gasteiger partial charge in [0.25, 0.3) is 5.91 Å². The Morgan fingerprint density at radius 1 is 1.00 bits per heavy atom. The number of sulfonamides is 1. The van der Waals surface area contributed by atoms with E-state index in [9.17, 15) is 13.2 Å². The number of para-hydroxylation sites is 2. The molecule has 0 radical (unpaired) electrons. The molecule has 3 N–H and O–H groups in total. The molecule has 0 saturated carbocycles. The van der Waals surface area contributed by atoms with Crippen molar-refractivity contribution in [2.24, 2.45) is 5.14 Å². The van der Waals surface area contributed by atoms with Crippen LogP contribution in [0.1, 0.15) is 28.9 Å². The normalized spacial score (nSPS) is 12.6. The van der Waals surface area contributed by atoms with Gasteiger partial charge in [-0.1, -0.05) is 24.3 Å². The average Bonchev–Trinajstić information content (AvgIpc) is 3.17. The summed E-state index contributed by atoms with van der Waals surface area (Å²) in [5.74, 6) is -0.222. The van der Waals surface area contributed by atoms with Crippen LogP contribution >= 0.6 is 0 Å². The molecule has 1 atom stereocenters. The van der Waals surface area contributed by atoms with E-state index in [1.165, 1.54) is 12.1 Å². The molecular weight excluding hydrogens is 400 g/mol. The van der Waals surface area contributed by atoms with Gasteiger partial charge < -0.3 is 5.32 Å². The third-order valence-electron chi connectivity index (χ3n) is 4.92. The lowest BCUT2D eigenvalue weighted by Gasteiger charge is -2.15. The Morgan fingerprint density at radius 2 is 1.67 bits per heavy atom. The summed E-state index contributed by atoms with van der Waals surface area (Å²) in [6.07, 6.45) is 1.76. The van der Waals surface area contributed by atoms with Crippen molar-refractivity contribution in [2.75, 3.05) is 0 Å². The van der Waals surface area contributed by atoms with Crippen LogP contribution in [0.2, 0.25) is 0 Å². The summed E-state index contributed by atoms with van der Waals surface area (Å²) in [6.45, 7) is 1.83. The molecule has 0 aliphatic rings. The molecule has 0 bridgehead atoms. The molecule has 1 heterocycles. The smallest absolute Gasteiger partial charge is 0.251 e. The first-order valence-electron chi connectivity index (χ1n) is 9.29. The van der Waals surface area contributed by atoms with Crippen molar-refractivity contribution in [2.45, 2.75) is 17.9 Å². The minimum absolute atomic E-state index is 0.0346. The largest absolute Gasteiger partial charge is 0.346 e. The fourth-order valence-electron chi connectivity index (χ4n) is 3.25. The highest BCUT2D eigenvalue weighted by Gasteiger charge is 2.14. The van der Waals surface area contributed by atoms with Gasteiger partial charge in [0.15, 0.2) is 0 Å². The second-order valence-corrected chi connectivity index (χ2v) is 8.52. The molecule has 152 valence electrons. The Labute approximate surface area is 174 Å². The molecule has 4 rings (SSSR count). The maximum atomic E-state index is 12.6. The van der Waals surface area contributed by atoms with Crippen molar-refractivity contribution in [1.29, 1.82) is 0 Å². The van der Waals surface area contributed by atoms with Crippen LogP contribution in [0.5, 0.6) is 0 Å². The van der Waals surface area contributed by atoms with Gasteiger partial charge in [-0.25, -0.2) is 18.5 Å². The van der Waals surface area contributed by atoms with E-state index in [4.69, 9.17) is 5.14 Å². The molecule has 0 fully saturated rings. The maximum absolute atomic E-state index is 12.6. The summed E-state index contributed by atoms with van der Waals surface area (Å²) in [4.78, 5) is 17.0. The van der Waals surface area contributed by atoms with Gasteiger partial charge in [0.05, 0.1) is 22.0 Å². The Bertz CT molecular complexity index is 1310. The van der Waals surface area contributed by atoms with Gasteiger partial charge in [0.2, 0.25) is 10.0 Å². The average molecular weight is 420 g/mol. The zero-order valence-corrected chi connectivity index (χ0v) is 17.0. The highest BCUT2D eigenvalue weighted by Crippen LogP contribution is 2.19. The van der Waals surface area contributed by atoms with E-state index in [2.05, 4.69) is 10.3 Å². The molecular formula is C22H20N4O3S. The van der Waals surface area contributed by atoms with E-state index in [1.54, 1.807) is 30.6 Å². The quantitative estimate of drug-likeness (QED) is 0.517. The number of benzene rings is 3. The molecule has 1 amide bonds. The molecule has 1 aromatic heterocycles. The third kappa shape index (κ3) is 3.96. The number of amides is 1. The van der Waals surface area contributed by atoms with Gasteiger partial charge in [0, 0.05) is 11.3 Å². The monoisotopic (exact) mass is 420 g/mol. The minimum atomic E-state index is -3.74. The van der Waals surface area contributed by atoms with Crippen molar-refractivity contribution in [3.8, 4) is 5.69 Å². The number of aromatic nitrogens is 2. The fraction of sp³-hybridized carbons (Fsp3) is 0.0909. The number of imidazole rings is 1. The van der Waals surface area contributed by atoms with E-state index < -0.39 is 10.0 Å². The summed E-state index contributed by atoms with van der Waals surface area (Å²) in [7, 11) is -3.74. The molecule has 0 aliphatic carbocycles. The lowest BCUT2D eigenvalue weighted by atomic mass is 10.1. The van der Waals surface area contributed by atoms with Gasteiger partial charge in [-0.05, 0) is 61.0 Å². The van der Waals surface area contributed by atoms with Crippen LogP contribution in [-0.4, -0.2) is 23.9 Å². The van der Waals surface area contributed by atoms with E-state index in [0.717, 1.165) is 22.3 Å². The summed E-state index contributed by atoms with van der Waals surface area (Å²) in [5.41, 5.74) is 4.10. The summed E-state index contributed by atoms with van der Waals surface area (Å²) >= 11 is 0. The van der Waals surface area contributed by atoms with Crippen molar-refractivity contribution in [1.82, 2.24) is 14.9 Å². The minimum Gasteiger partial charge on any atom is -0.346 e. The van der Waals surface area contributed by atoms with E-state index in [0.29, 0.717) is 5.56 Å².